The van der Waals surface area contributed by atoms with Gasteiger partial charge >= 0.3 is 6.18 Å². The fourth-order valence-corrected chi connectivity index (χ4v) is 5.48. The summed E-state index contributed by atoms with van der Waals surface area (Å²) in [5.41, 5.74) is 1.88. The number of fused-ring (bicyclic) bond motifs is 1. The van der Waals surface area contributed by atoms with E-state index in [4.69, 9.17) is 10.00 Å². The number of hydrogen-bond acceptors (Lipinski definition) is 6. The van der Waals surface area contributed by atoms with E-state index < -0.39 is 11.7 Å². The number of piperazine rings is 1. The zero-order valence-electron chi connectivity index (χ0n) is 22.3. The monoisotopic (exact) mass is 530 g/mol. The number of pyridine rings is 1. The average molecular weight is 531 g/mol. The second-order valence-corrected chi connectivity index (χ2v) is 9.75. The first-order valence-corrected chi connectivity index (χ1v) is 12.8. The maximum absolute atomic E-state index is 13.3. The van der Waals surface area contributed by atoms with Gasteiger partial charge in [0, 0.05) is 49.9 Å². The molecule has 0 spiro atoms. The zero-order chi connectivity index (χ0) is 27.8. The Hall–Kier alpha value is -3.52. The standard InChI is InChI=1S/C27H33F3N6O2/c1-6-19-15-36(22-13-25(37)33(4)23-16-34(11-10-31)32-26(22)23)20(7-2)14-35(19)17(3)21-9-8-18(27(28,29)30)12-24(21)38-5/h8-9,12-13,16-17,19-20H,6-7,11,14-15H2,1-5H3/t17?,19-,20+/m1/s1. The summed E-state index contributed by atoms with van der Waals surface area (Å²) in [5, 5.41) is 13.8. The molecule has 204 valence electrons. The van der Waals surface area contributed by atoms with E-state index in [2.05, 4.69) is 34.8 Å². The van der Waals surface area contributed by atoms with E-state index in [9.17, 15) is 18.0 Å². The summed E-state index contributed by atoms with van der Waals surface area (Å²) >= 11 is 0. The van der Waals surface area contributed by atoms with E-state index in [1.807, 2.05) is 6.92 Å². The van der Waals surface area contributed by atoms with Crippen LogP contribution in [0.5, 0.6) is 5.75 Å². The lowest BCUT2D eigenvalue weighted by Crippen LogP contribution is -2.58. The molecule has 0 bridgehead atoms. The lowest BCUT2D eigenvalue weighted by atomic mass is 9.95. The molecular formula is C27H33F3N6O2. The van der Waals surface area contributed by atoms with Crippen LogP contribution in [0.2, 0.25) is 0 Å². The van der Waals surface area contributed by atoms with E-state index in [0.29, 0.717) is 29.7 Å². The van der Waals surface area contributed by atoms with E-state index >= 15 is 0 Å². The molecule has 1 aromatic carbocycles. The first-order valence-electron chi connectivity index (χ1n) is 12.8. The summed E-state index contributed by atoms with van der Waals surface area (Å²) in [6.45, 7) is 7.51. The Morgan fingerprint density at radius 3 is 2.50 bits per heavy atom. The number of hydrogen-bond donors (Lipinski definition) is 0. The highest BCUT2D eigenvalue weighted by Gasteiger charge is 2.38. The Morgan fingerprint density at radius 1 is 1.18 bits per heavy atom. The normalized spacial score (nSPS) is 19.5. The molecule has 3 heterocycles. The molecule has 1 aliphatic rings. The predicted octanol–water partition coefficient (Wildman–Crippen LogP) is 4.73. The molecular weight excluding hydrogens is 497 g/mol. The number of ether oxygens (including phenoxy) is 1. The highest BCUT2D eigenvalue weighted by molar-refractivity contribution is 5.88. The Morgan fingerprint density at radius 2 is 1.89 bits per heavy atom. The summed E-state index contributed by atoms with van der Waals surface area (Å²) in [4.78, 5) is 17.4. The number of anilines is 1. The number of nitrogens with zero attached hydrogens (tertiary/aromatic N) is 6. The van der Waals surface area contributed by atoms with Crippen LogP contribution in [0.4, 0.5) is 18.9 Å². The third kappa shape index (κ3) is 4.97. The Kier molecular flexibility index (Phi) is 7.74. The quantitative estimate of drug-likeness (QED) is 0.440. The molecule has 0 aliphatic carbocycles. The molecule has 0 amide bonds. The van der Waals surface area contributed by atoms with Crippen molar-refractivity contribution in [1.82, 2.24) is 19.2 Å². The van der Waals surface area contributed by atoms with Gasteiger partial charge < -0.3 is 14.2 Å². The summed E-state index contributed by atoms with van der Waals surface area (Å²) in [6, 6.07) is 7.30. The number of aryl methyl sites for hydroxylation is 1. The summed E-state index contributed by atoms with van der Waals surface area (Å²) in [6.07, 6.45) is -1.13. The summed E-state index contributed by atoms with van der Waals surface area (Å²) in [7, 11) is 3.08. The van der Waals surface area contributed by atoms with Crippen LogP contribution < -0.4 is 15.2 Å². The average Bonchev–Trinajstić information content (AvgIpc) is 3.33. The second kappa shape index (κ2) is 10.7. The van der Waals surface area contributed by atoms with Crippen molar-refractivity contribution in [3.63, 3.8) is 0 Å². The van der Waals surface area contributed by atoms with Gasteiger partial charge in [-0.25, -0.2) is 0 Å². The molecule has 2 aromatic heterocycles. The fourth-order valence-electron chi connectivity index (χ4n) is 5.48. The first-order chi connectivity index (χ1) is 18.0. The third-order valence-corrected chi connectivity index (χ3v) is 7.67. The lowest BCUT2D eigenvalue weighted by molar-refractivity contribution is -0.137. The van der Waals surface area contributed by atoms with Crippen LogP contribution in [-0.4, -0.2) is 51.5 Å². The van der Waals surface area contributed by atoms with E-state index in [-0.39, 0.29) is 36.0 Å². The SMILES string of the molecule is CC[C@H]1CN(C(C)c2ccc(C(F)(F)F)cc2OC)[C@H](CC)CN1c1cc(=O)n(C)c2cn(CC#N)nc12. The maximum atomic E-state index is 13.3. The molecule has 3 aromatic rings. The van der Waals surface area contributed by atoms with Crippen LogP contribution >= 0.6 is 0 Å². The van der Waals surface area contributed by atoms with Gasteiger partial charge in [-0.2, -0.15) is 23.5 Å². The van der Waals surface area contributed by atoms with Crippen LogP contribution in [0.3, 0.4) is 0 Å². The predicted molar refractivity (Wildman–Crippen MR) is 139 cm³/mol. The van der Waals surface area contributed by atoms with E-state index in [1.54, 1.807) is 24.0 Å². The minimum atomic E-state index is -4.45. The van der Waals surface area contributed by atoms with Crippen LogP contribution in [0.15, 0.2) is 35.3 Å². The van der Waals surface area contributed by atoms with Crippen LogP contribution in [0, 0.1) is 11.3 Å². The van der Waals surface area contributed by atoms with E-state index in [1.165, 1.54) is 17.7 Å². The van der Waals surface area contributed by atoms with Crippen LogP contribution in [-0.2, 0) is 19.8 Å². The van der Waals surface area contributed by atoms with Crippen molar-refractivity contribution in [2.24, 2.45) is 7.05 Å². The number of methoxy groups -OCH3 is 1. The molecule has 0 N–H and O–H groups in total. The number of nitriles is 1. The molecule has 0 saturated carbocycles. The van der Waals surface area contributed by atoms with Crippen molar-refractivity contribution in [2.75, 3.05) is 25.1 Å². The van der Waals surface area contributed by atoms with Gasteiger partial charge in [0.25, 0.3) is 5.56 Å². The second-order valence-electron chi connectivity index (χ2n) is 9.75. The Bertz CT molecular complexity index is 1410. The molecule has 38 heavy (non-hydrogen) atoms. The van der Waals surface area contributed by atoms with Crippen molar-refractivity contribution < 1.29 is 17.9 Å². The topological polar surface area (TPSA) is 79.3 Å². The van der Waals surface area contributed by atoms with Gasteiger partial charge in [-0.3, -0.25) is 14.4 Å². The van der Waals surface area contributed by atoms with Crippen molar-refractivity contribution >= 4 is 16.7 Å². The van der Waals surface area contributed by atoms with Gasteiger partial charge in [-0.15, -0.1) is 0 Å². The zero-order valence-corrected chi connectivity index (χ0v) is 22.3. The van der Waals surface area contributed by atoms with Gasteiger partial charge in [-0.1, -0.05) is 19.9 Å². The van der Waals surface area contributed by atoms with Gasteiger partial charge in [-0.05, 0) is 31.9 Å². The Labute approximate surface area is 219 Å². The minimum Gasteiger partial charge on any atom is -0.496 e. The number of aromatic nitrogens is 3. The third-order valence-electron chi connectivity index (χ3n) is 7.67. The van der Waals surface area contributed by atoms with Crippen molar-refractivity contribution in [2.45, 2.75) is 64.5 Å². The molecule has 1 saturated heterocycles. The smallest absolute Gasteiger partial charge is 0.416 e. The molecule has 3 atom stereocenters. The van der Waals surface area contributed by atoms with Crippen LogP contribution in [0.1, 0.15) is 50.8 Å². The number of alkyl halides is 3. The summed E-state index contributed by atoms with van der Waals surface area (Å²) < 4.78 is 48.4. The molecule has 1 aliphatic heterocycles. The van der Waals surface area contributed by atoms with Gasteiger partial charge in [0.15, 0.2) is 0 Å². The van der Waals surface area contributed by atoms with Gasteiger partial charge in [0.1, 0.15) is 17.8 Å². The number of benzene rings is 1. The summed E-state index contributed by atoms with van der Waals surface area (Å²) in [5.74, 6) is 0.217. The molecule has 4 rings (SSSR count). The highest BCUT2D eigenvalue weighted by atomic mass is 19.4. The fraction of sp³-hybridized carbons (Fsp3) is 0.519. The first kappa shape index (κ1) is 27.5. The van der Waals surface area contributed by atoms with Crippen LogP contribution in [0.25, 0.3) is 11.0 Å². The molecule has 1 unspecified atom stereocenters. The number of halogens is 3. The van der Waals surface area contributed by atoms with E-state index in [0.717, 1.165) is 30.7 Å². The lowest BCUT2D eigenvalue weighted by Gasteiger charge is -2.49. The maximum Gasteiger partial charge on any atom is 0.416 e. The van der Waals surface area contributed by atoms with Crippen molar-refractivity contribution in [1.29, 1.82) is 5.26 Å². The highest BCUT2D eigenvalue weighted by Crippen LogP contribution is 2.39. The molecule has 1 fully saturated rings. The molecule has 11 heteroatoms. The van der Waals surface area contributed by atoms with Crippen molar-refractivity contribution in [3.05, 3.63) is 51.9 Å². The van der Waals surface area contributed by atoms with Crippen molar-refractivity contribution in [3.8, 4) is 11.8 Å². The number of rotatable bonds is 7. The Balaban J connectivity index is 1.72. The minimum absolute atomic E-state index is 0.0390. The molecule has 0 radical (unpaired) electrons. The largest absolute Gasteiger partial charge is 0.496 e. The van der Waals surface area contributed by atoms with Gasteiger partial charge in [0.2, 0.25) is 0 Å². The molecule has 8 nitrogen and oxygen atoms in total. The van der Waals surface area contributed by atoms with Gasteiger partial charge in [0.05, 0.1) is 36.1 Å².